The van der Waals surface area contributed by atoms with E-state index in [1.165, 1.54) is 55.5 Å². The topological polar surface area (TPSA) is 12.9 Å². The Bertz CT molecular complexity index is 1420. The third-order valence-electron chi connectivity index (χ3n) is 7.61. The summed E-state index contributed by atoms with van der Waals surface area (Å²) in [6, 6.07) is 20.7. The van der Waals surface area contributed by atoms with Crippen LogP contribution in [-0.4, -0.2) is 4.98 Å². The smallest absolute Gasteiger partial charge is 0.0715 e. The van der Waals surface area contributed by atoms with E-state index in [1.54, 1.807) is 0 Å². The number of hydrogen-bond acceptors (Lipinski definition) is 1. The number of pyridine rings is 1. The molecule has 1 aliphatic rings. The second-order valence-corrected chi connectivity index (χ2v) is 11.5. The molecule has 0 fully saturated rings. The summed E-state index contributed by atoms with van der Waals surface area (Å²) in [6.45, 7) is 18.4. The zero-order valence-electron chi connectivity index (χ0n) is 22.0. The van der Waals surface area contributed by atoms with Crippen LogP contribution in [0, 0.1) is 19.8 Å². The van der Waals surface area contributed by atoms with Gasteiger partial charge in [0.25, 0.3) is 0 Å². The predicted octanol–water partition coefficient (Wildman–Crippen LogP) is 9.15. The molecule has 1 heterocycles. The SMILES string of the molecule is Cc1cc(C)c(C(C)C)c(-c2cc(CC(C)C)c3cc4c(cc3n2)C(C)(C)c2ccccc2-4)c1. The quantitative estimate of drug-likeness (QED) is 0.304. The molecule has 0 radical (unpaired) electrons. The van der Waals surface area contributed by atoms with Gasteiger partial charge in [-0.25, -0.2) is 4.98 Å². The van der Waals surface area contributed by atoms with Gasteiger partial charge in [-0.1, -0.05) is 77.4 Å². The zero-order chi connectivity index (χ0) is 24.4. The van der Waals surface area contributed by atoms with E-state index in [9.17, 15) is 0 Å². The molecule has 0 aliphatic heterocycles. The Labute approximate surface area is 205 Å². The summed E-state index contributed by atoms with van der Waals surface area (Å²) in [5.41, 5.74) is 14.6. The van der Waals surface area contributed by atoms with Gasteiger partial charge in [-0.3, -0.25) is 0 Å². The lowest BCUT2D eigenvalue weighted by atomic mass is 9.82. The molecule has 0 bridgehead atoms. The molecule has 0 N–H and O–H groups in total. The average Bonchev–Trinajstić information content (AvgIpc) is 2.98. The Balaban J connectivity index is 1.82. The van der Waals surface area contributed by atoms with Crippen LogP contribution in [0.2, 0.25) is 0 Å². The van der Waals surface area contributed by atoms with E-state index in [1.807, 2.05) is 0 Å². The van der Waals surface area contributed by atoms with Crippen molar-refractivity contribution in [2.24, 2.45) is 5.92 Å². The van der Waals surface area contributed by atoms with Gasteiger partial charge in [-0.15, -0.1) is 0 Å². The molecule has 0 atom stereocenters. The normalized spacial score (nSPS) is 14.2. The minimum absolute atomic E-state index is 0.0149. The monoisotopic (exact) mass is 447 g/mol. The van der Waals surface area contributed by atoms with Crippen molar-refractivity contribution in [1.82, 2.24) is 4.98 Å². The molecule has 5 rings (SSSR count). The molecule has 0 amide bonds. The summed E-state index contributed by atoms with van der Waals surface area (Å²) in [5.74, 6) is 1.04. The number of nitrogens with zero attached hydrogens (tertiary/aromatic N) is 1. The summed E-state index contributed by atoms with van der Waals surface area (Å²) in [4.78, 5) is 5.34. The molecule has 174 valence electrons. The molecule has 1 heteroatoms. The molecule has 34 heavy (non-hydrogen) atoms. The lowest BCUT2D eigenvalue weighted by molar-refractivity contribution is 0.649. The van der Waals surface area contributed by atoms with E-state index in [0.717, 1.165) is 17.6 Å². The molecule has 3 aromatic carbocycles. The number of rotatable bonds is 4. The highest BCUT2D eigenvalue weighted by Gasteiger charge is 2.35. The molecular formula is C33H37N. The van der Waals surface area contributed by atoms with Gasteiger partial charge in [0.15, 0.2) is 0 Å². The van der Waals surface area contributed by atoms with E-state index >= 15 is 0 Å². The fraction of sp³-hybridized carbons (Fsp3) is 0.364. The third kappa shape index (κ3) is 3.57. The molecule has 0 spiro atoms. The van der Waals surface area contributed by atoms with E-state index in [4.69, 9.17) is 4.98 Å². The van der Waals surface area contributed by atoms with Crippen molar-refractivity contribution in [2.75, 3.05) is 0 Å². The highest BCUT2D eigenvalue weighted by Crippen LogP contribution is 2.50. The third-order valence-corrected chi connectivity index (χ3v) is 7.61. The zero-order valence-corrected chi connectivity index (χ0v) is 22.0. The maximum absolute atomic E-state index is 5.34. The Hall–Kier alpha value is -2.93. The van der Waals surface area contributed by atoms with E-state index in [0.29, 0.717) is 11.8 Å². The highest BCUT2D eigenvalue weighted by molar-refractivity contribution is 5.94. The number of aryl methyl sites for hydroxylation is 2. The Morgan fingerprint density at radius 3 is 2.24 bits per heavy atom. The van der Waals surface area contributed by atoms with Crippen LogP contribution in [0.5, 0.6) is 0 Å². The first kappa shape index (κ1) is 22.8. The van der Waals surface area contributed by atoms with Crippen molar-refractivity contribution in [3.05, 3.63) is 88.0 Å². The Morgan fingerprint density at radius 2 is 1.53 bits per heavy atom. The van der Waals surface area contributed by atoms with Gasteiger partial charge in [0.2, 0.25) is 0 Å². The van der Waals surface area contributed by atoms with Crippen LogP contribution in [0.15, 0.2) is 54.6 Å². The molecule has 4 aromatic rings. The molecule has 1 nitrogen and oxygen atoms in total. The van der Waals surface area contributed by atoms with Gasteiger partial charge < -0.3 is 0 Å². The first-order valence-electron chi connectivity index (χ1n) is 12.8. The maximum Gasteiger partial charge on any atom is 0.0715 e. The van der Waals surface area contributed by atoms with Crippen molar-refractivity contribution < 1.29 is 0 Å². The minimum atomic E-state index is -0.0149. The fourth-order valence-corrected chi connectivity index (χ4v) is 6.19. The van der Waals surface area contributed by atoms with Gasteiger partial charge in [-0.05, 0) is 95.3 Å². The average molecular weight is 448 g/mol. The first-order chi connectivity index (χ1) is 16.1. The summed E-state index contributed by atoms with van der Waals surface area (Å²) < 4.78 is 0. The van der Waals surface area contributed by atoms with Crippen molar-refractivity contribution in [1.29, 1.82) is 0 Å². The van der Waals surface area contributed by atoms with Crippen LogP contribution in [0.25, 0.3) is 33.3 Å². The number of benzene rings is 3. The number of aromatic nitrogens is 1. The molecule has 1 aliphatic carbocycles. The predicted molar refractivity (Wildman–Crippen MR) is 147 cm³/mol. The van der Waals surface area contributed by atoms with Crippen molar-refractivity contribution >= 4 is 10.9 Å². The lowest BCUT2D eigenvalue weighted by Gasteiger charge is -2.22. The van der Waals surface area contributed by atoms with Crippen LogP contribution in [0.4, 0.5) is 0 Å². The van der Waals surface area contributed by atoms with E-state index < -0.39 is 0 Å². The Morgan fingerprint density at radius 1 is 0.794 bits per heavy atom. The van der Waals surface area contributed by atoms with Gasteiger partial charge in [-0.2, -0.15) is 0 Å². The maximum atomic E-state index is 5.34. The largest absolute Gasteiger partial charge is 0.248 e. The molecule has 0 saturated carbocycles. The van der Waals surface area contributed by atoms with Crippen LogP contribution in [-0.2, 0) is 11.8 Å². The van der Waals surface area contributed by atoms with Gasteiger partial charge in [0, 0.05) is 16.4 Å². The summed E-state index contributed by atoms with van der Waals surface area (Å²) in [6.07, 6.45) is 1.05. The van der Waals surface area contributed by atoms with Crippen LogP contribution in [0.1, 0.15) is 80.8 Å². The summed E-state index contributed by atoms with van der Waals surface area (Å²) in [5, 5.41) is 1.30. The number of hydrogen-bond donors (Lipinski definition) is 0. The second-order valence-electron chi connectivity index (χ2n) is 11.5. The van der Waals surface area contributed by atoms with Gasteiger partial charge in [0.05, 0.1) is 11.2 Å². The first-order valence-corrected chi connectivity index (χ1v) is 12.8. The van der Waals surface area contributed by atoms with E-state index in [-0.39, 0.29) is 5.41 Å². The molecule has 0 unspecified atom stereocenters. The van der Waals surface area contributed by atoms with Crippen molar-refractivity contribution in [3.63, 3.8) is 0 Å². The van der Waals surface area contributed by atoms with Gasteiger partial charge in [0.1, 0.15) is 0 Å². The standard InChI is InChI=1S/C33H37N/c1-19(2)13-23-16-30(27-15-21(5)14-22(6)32(27)20(3)4)34-31-18-29-26(17-25(23)31)24-11-9-10-12-28(24)33(29,7)8/h9-12,14-20H,13H2,1-8H3. The lowest BCUT2D eigenvalue weighted by Crippen LogP contribution is -2.15. The Kier molecular flexibility index (Phi) is 5.43. The van der Waals surface area contributed by atoms with Crippen LogP contribution < -0.4 is 0 Å². The summed E-state index contributed by atoms with van der Waals surface area (Å²) in [7, 11) is 0. The minimum Gasteiger partial charge on any atom is -0.248 e. The molecule has 0 saturated heterocycles. The van der Waals surface area contributed by atoms with Crippen LogP contribution in [0.3, 0.4) is 0 Å². The van der Waals surface area contributed by atoms with E-state index in [2.05, 4.69) is 110 Å². The van der Waals surface area contributed by atoms with Crippen LogP contribution >= 0.6 is 0 Å². The van der Waals surface area contributed by atoms with Gasteiger partial charge >= 0.3 is 0 Å². The fourth-order valence-electron chi connectivity index (χ4n) is 6.19. The number of fused-ring (bicyclic) bond motifs is 4. The molecular weight excluding hydrogens is 410 g/mol. The highest BCUT2D eigenvalue weighted by atomic mass is 14.7. The summed E-state index contributed by atoms with van der Waals surface area (Å²) >= 11 is 0. The second kappa shape index (κ2) is 8.08. The van der Waals surface area contributed by atoms with Crippen molar-refractivity contribution in [3.8, 4) is 22.4 Å². The molecule has 1 aromatic heterocycles. The van der Waals surface area contributed by atoms with Crippen molar-refractivity contribution in [2.45, 2.75) is 73.1 Å².